The van der Waals surface area contributed by atoms with E-state index < -0.39 is 5.97 Å². The number of ether oxygens (including phenoxy) is 1. The average Bonchev–Trinajstić information content (AvgIpc) is 3.29. The first-order valence-corrected chi connectivity index (χ1v) is 12.7. The van der Waals surface area contributed by atoms with Crippen LogP contribution < -0.4 is 4.74 Å². The zero-order valence-electron chi connectivity index (χ0n) is 20.9. The lowest BCUT2D eigenvalue weighted by molar-refractivity contribution is 0.0697. The number of carboxylic acid groups (broad SMARTS) is 1. The molecule has 1 aromatic heterocycles. The predicted molar refractivity (Wildman–Crippen MR) is 147 cm³/mol. The monoisotopic (exact) mass is 490 g/mol. The number of carboxylic acids is 1. The van der Waals surface area contributed by atoms with E-state index in [0.717, 1.165) is 64.1 Å². The molecule has 0 aliphatic heterocycles. The van der Waals surface area contributed by atoms with Gasteiger partial charge in [-0.2, -0.15) is 0 Å². The van der Waals surface area contributed by atoms with Gasteiger partial charge in [0.1, 0.15) is 23.7 Å². The molecule has 0 saturated heterocycles. The first-order valence-electron chi connectivity index (χ1n) is 12.7. The summed E-state index contributed by atoms with van der Waals surface area (Å²) < 4.78 is 8.48. The molecule has 0 aliphatic carbocycles. The Morgan fingerprint density at radius 3 is 2.38 bits per heavy atom. The Morgan fingerprint density at radius 1 is 0.865 bits per heavy atom. The van der Waals surface area contributed by atoms with E-state index in [1.165, 1.54) is 0 Å². The largest absolute Gasteiger partial charge is 0.487 e. The molecule has 4 aromatic carbocycles. The molecule has 5 heteroatoms. The second kappa shape index (κ2) is 11.1. The van der Waals surface area contributed by atoms with Gasteiger partial charge in [0.2, 0.25) is 0 Å². The van der Waals surface area contributed by atoms with Crippen molar-refractivity contribution >= 4 is 17.0 Å². The molecule has 0 spiro atoms. The second-order valence-corrected chi connectivity index (χ2v) is 9.16. The fourth-order valence-electron chi connectivity index (χ4n) is 4.62. The van der Waals surface area contributed by atoms with Crippen molar-refractivity contribution in [3.8, 4) is 16.9 Å². The summed E-state index contributed by atoms with van der Waals surface area (Å²) in [6.07, 6.45) is 3.06. The normalized spacial score (nSPS) is 11.1. The van der Waals surface area contributed by atoms with Gasteiger partial charge in [-0.1, -0.05) is 92.2 Å². The second-order valence-electron chi connectivity index (χ2n) is 9.16. The number of para-hydroxylation sites is 1. The highest BCUT2D eigenvalue weighted by Crippen LogP contribution is 2.29. The van der Waals surface area contributed by atoms with Gasteiger partial charge in [-0.05, 0) is 46.9 Å². The number of rotatable bonds is 10. The van der Waals surface area contributed by atoms with Crippen molar-refractivity contribution in [2.45, 2.75) is 39.3 Å². The van der Waals surface area contributed by atoms with Crippen LogP contribution in [0.1, 0.15) is 47.1 Å². The Balaban J connectivity index is 1.45. The zero-order valence-corrected chi connectivity index (χ0v) is 20.9. The summed E-state index contributed by atoms with van der Waals surface area (Å²) in [5, 5.41) is 9.56. The number of hydrogen-bond acceptors (Lipinski definition) is 3. The van der Waals surface area contributed by atoms with Crippen LogP contribution >= 0.6 is 0 Å². The van der Waals surface area contributed by atoms with Crippen molar-refractivity contribution in [2.75, 3.05) is 0 Å². The van der Waals surface area contributed by atoms with E-state index in [4.69, 9.17) is 9.72 Å². The number of aromatic carboxylic acids is 1. The van der Waals surface area contributed by atoms with Crippen LogP contribution in [0.3, 0.4) is 0 Å². The molecule has 5 nitrogen and oxygen atoms in total. The van der Waals surface area contributed by atoms with Crippen LogP contribution in [0.5, 0.6) is 5.75 Å². The number of fused-ring (bicyclic) bond motifs is 1. The van der Waals surface area contributed by atoms with E-state index in [2.05, 4.69) is 41.8 Å². The van der Waals surface area contributed by atoms with Crippen LogP contribution in [-0.2, 0) is 19.6 Å². The van der Waals surface area contributed by atoms with E-state index in [1.54, 1.807) is 12.1 Å². The summed E-state index contributed by atoms with van der Waals surface area (Å²) in [7, 11) is 0. The van der Waals surface area contributed by atoms with Crippen LogP contribution in [0.4, 0.5) is 0 Å². The third-order valence-corrected chi connectivity index (χ3v) is 6.58. The van der Waals surface area contributed by atoms with Gasteiger partial charge in [-0.3, -0.25) is 0 Å². The van der Waals surface area contributed by atoms with Crippen LogP contribution in [0, 0.1) is 0 Å². The summed E-state index contributed by atoms with van der Waals surface area (Å²) in [6, 6.07) is 31.5. The fraction of sp³-hybridized carbons (Fsp3) is 0.188. The van der Waals surface area contributed by atoms with Gasteiger partial charge in [-0.25, -0.2) is 9.78 Å². The highest BCUT2D eigenvalue weighted by atomic mass is 16.5. The van der Waals surface area contributed by atoms with Crippen LogP contribution in [-0.4, -0.2) is 20.6 Å². The number of imidazole rings is 1. The Labute approximate surface area is 217 Å². The molecule has 0 fully saturated rings. The molecule has 5 aromatic rings. The quantitative estimate of drug-likeness (QED) is 0.222. The molecule has 5 rings (SSSR count). The molecule has 0 aliphatic rings. The number of aromatic nitrogens is 2. The molecule has 0 bridgehead atoms. The maximum absolute atomic E-state index is 11.7. The molecule has 0 amide bonds. The van der Waals surface area contributed by atoms with E-state index in [9.17, 15) is 9.90 Å². The summed E-state index contributed by atoms with van der Waals surface area (Å²) in [4.78, 5) is 16.7. The van der Waals surface area contributed by atoms with Crippen molar-refractivity contribution in [3.63, 3.8) is 0 Å². The van der Waals surface area contributed by atoms with Crippen LogP contribution in [0.25, 0.3) is 22.2 Å². The fourth-order valence-corrected chi connectivity index (χ4v) is 4.62. The number of unbranched alkanes of at least 4 members (excludes halogenated alkanes) is 1. The van der Waals surface area contributed by atoms with Crippen molar-refractivity contribution in [2.24, 2.45) is 0 Å². The zero-order chi connectivity index (χ0) is 25.6. The van der Waals surface area contributed by atoms with Crippen molar-refractivity contribution in [3.05, 3.63) is 120 Å². The Morgan fingerprint density at radius 2 is 1.62 bits per heavy atom. The Kier molecular flexibility index (Phi) is 7.31. The lowest BCUT2D eigenvalue weighted by Crippen LogP contribution is -2.05. The van der Waals surface area contributed by atoms with Gasteiger partial charge in [-0.15, -0.1) is 0 Å². The average molecular weight is 491 g/mol. The van der Waals surface area contributed by atoms with Crippen molar-refractivity contribution < 1.29 is 14.6 Å². The third-order valence-electron chi connectivity index (χ3n) is 6.58. The first-order chi connectivity index (χ1) is 18.1. The highest BCUT2D eigenvalue weighted by Gasteiger charge is 2.16. The molecular formula is C32H30N2O3. The topological polar surface area (TPSA) is 64.4 Å². The van der Waals surface area contributed by atoms with E-state index >= 15 is 0 Å². The Hall–Kier alpha value is -4.38. The minimum Gasteiger partial charge on any atom is -0.487 e. The molecule has 0 radical (unpaired) electrons. The van der Waals surface area contributed by atoms with Gasteiger partial charge in [0.25, 0.3) is 0 Å². The lowest BCUT2D eigenvalue weighted by atomic mass is 9.99. The van der Waals surface area contributed by atoms with Crippen molar-refractivity contribution in [1.29, 1.82) is 0 Å². The van der Waals surface area contributed by atoms with Gasteiger partial charge < -0.3 is 14.4 Å². The van der Waals surface area contributed by atoms with E-state index in [-0.39, 0.29) is 0 Å². The molecular weight excluding hydrogens is 460 g/mol. The summed E-state index contributed by atoms with van der Waals surface area (Å²) >= 11 is 0. The van der Waals surface area contributed by atoms with Gasteiger partial charge in [0, 0.05) is 13.0 Å². The molecule has 37 heavy (non-hydrogen) atoms. The third kappa shape index (κ3) is 5.41. The van der Waals surface area contributed by atoms with Gasteiger partial charge >= 0.3 is 5.97 Å². The molecule has 0 unspecified atom stereocenters. The minimum atomic E-state index is -0.921. The number of nitrogens with zero attached hydrogens (tertiary/aromatic N) is 2. The molecule has 186 valence electrons. The van der Waals surface area contributed by atoms with Crippen molar-refractivity contribution in [1.82, 2.24) is 9.55 Å². The number of benzene rings is 4. The lowest BCUT2D eigenvalue weighted by Gasteiger charge is -2.11. The summed E-state index contributed by atoms with van der Waals surface area (Å²) in [6.45, 7) is 3.37. The highest BCUT2D eigenvalue weighted by molar-refractivity contribution is 5.96. The molecule has 0 saturated carbocycles. The molecule has 1 N–H and O–H groups in total. The smallest absolute Gasteiger partial charge is 0.336 e. The van der Waals surface area contributed by atoms with Gasteiger partial charge in [0.15, 0.2) is 0 Å². The van der Waals surface area contributed by atoms with E-state index in [1.807, 2.05) is 54.6 Å². The maximum Gasteiger partial charge on any atom is 0.336 e. The van der Waals surface area contributed by atoms with Gasteiger partial charge in [0.05, 0.1) is 11.1 Å². The summed E-state index contributed by atoms with van der Waals surface area (Å²) in [5.41, 5.74) is 6.10. The molecule has 1 heterocycles. The SMILES string of the molecule is CCCCc1nc2c(OCc3ccccc3)cccc2n1Cc1ccc(-c2ccccc2C(=O)O)cc1. The number of carbonyl (C=O) groups is 1. The van der Waals surface area contributed by atoms with Crippen LogP contribution in [0.2, 0.25) is 0 Å². The predicted octanol–water partition coefficient (Wildman–Crippen LogP) is 7.37. The van der Waals surface area contributed by atoms with E-state index in [0.29, 0.717) is 18.7 Å². The maximum atomic E-state index is 11.7. The Bertz CT molecular complexity index is 1500. The number of aryl methyl sites for hydroxylation is 1. The summed E-state index contributed by atoms with van der Waals surface area (Å²) in [5.74, 6) is 0.918. The first kappa shape index (κ1) is 24.3. The minimum absolute atomic E-state index is 0.306. The standard InChI is InChI=1S/C32H30N2O3/c1-2-3-16-30-33-31-28(14-9-15-29(31)37-22-24-10-5-4-6-11-24)34(30)21-23-17-19-25(20-18-23)26-12-7-8-13-27(26)32(35)36/h4-15,17-20H,2-3,16,21-22H2,1H3,(H,35,36). The molecule has 0 atom stereocenters. The van der Waals surface area contributed by atoms with Crippen LogP contribution in [0.15, 0.2) is 97.1 Å². The number of hydrogen-bond donors (Lipinski definition) is 1.